The normalized spacial score (nSPS) is 9.22. The van der Waals surface area contributed by atoms with Crippen LogP contribution in [0.15, 0.2) is 11.6 Å². The molecule has 0 aliphatic carbocycles. The second-order valence-corrected chi connectivity index (χ2v) is 3.26. The van der Waals surface area contributed by atoms with Crippen LogP contribution in [0.5, 0.6) is 0 Å². The number of alkyl halides is 1. The van der Waals surface area contributed by atoms with Gasteiger partial charge in [-0.1, -0.05) is 27.6 Å². The van der Waals surface area contributed by atoms with Crippen LogP contribution in [-0.2, 0) is 0 Å². The molecule has 0 spiro atoms. The fourth-order valence-corrected chi connectivity index (χ4v) is 1.03. The summed E-state index contributed by atoms with van der Waals surface area (Å²) in [5.74, 6) is 0. The van der Waals surface area contributed by atoms with Gasteiger partial charge in [-0.05, 0) is 33.1 Å². The quantitative estimate of drug-likeness (QED) is 0.362. The molecule has 0 aromatic carbocycles. The molecule has 0 unspecified atom stereocenters. The number of unbranched alkanes of at least 4 members (excludes halogenated alkanes) is 2. The zero-order chi connectivity index (χ0) is 7.11. The molecule has 0 nitrogen and oxygen atoms in total. The van der Waals surface area contributed by atoms with Crippen LogP contribution >= 0.6 is 15.9 Å². The predicted molar refractivity (Wildman–Crippen MR) is 47.1 cm³/mol. The maximum absolute atomic E-state index is 3.40. The van der Waals surface area contributed by atoms with Gasteiger partial charge in [0.1, 0.15) is 0 Å². The lowest BCUT2D eigenvalue weighted by molar-refractivity contribution is 0.822. The van der Waals surface area contributed by atoms with Gasteiger partial charge in [0, 0.05) is 5.33 Å². The fraction of sp³-hybridized carbons (Fsp3) is 0.750. The molecule has 9 heavy (non-hydrogen) atoms. The van der Waals surface area contributed by atoms with E-state index >= 15 is 0 Å². The lowest BCUT2D eigenvalue weighted by atomic mass is 10.2. The van der Waals surface area contributed by atoms with Crippen molar-refractivity contribution in [1.82, 2.24) is 0 Å². The van der Waals surface area contributed by atoms with Gasteiger partial charge in [-0.3, -0.25) is 0 Å². The zero-order valence-electron chi connectivity index (χ0n) is 6.28. The first kappa shape index (κ1) is 9.22. The van der Waals surface area contributed by atoms with E-state index in [1.165, 1.54) is 24.8 Å². The van der Waals surface area contributed by atoms with Crippen molar-refractivity contribution in [3.05, 3.63) is 11.6 Å². The number of halogens is 1. The van der Waals surface area contributed by atoms with Gasteiger partial charge in [0.25, 0.3) is 0 Å². The maximum Gasteiger partial charge on any atom is 0.00314 e. The van der Waals surface area contributed by atoms with E-state index in [0.29, 0.717) is 0 Å². The molecule has 0 N–H and O–H groups in total. The first-order valence-corrected chi connectivity index (χ1v) is 4.59. The van der Waals surface area contributed by atoms with Gasteiger partial charge in [0.15, 0.2) is 0 Å². The molecule has 0 aliphatic rings. The molecule has 54 valence electrons. The zero-order valence-corrected chi connectivity index (χ0v) is 7.87. The number of allylic oxidation sites excluding steroid dienone is 2. The summed E-state index contributed by atoms with van der Waals surface area (Å²) in [5, 5.41) is 1.14. The van der Waals surface area contributed by atoms with Gasteiger partial charge in [-0.2, -0.15) is 0 Å². The van der Waals surface area contributed by atoms with Crippen LogP contribution in [0.25, 0.3) is 0 Å². The van der Waals surface area contributed by atoms with Crippen molar-refractivity contribution in [1.29, 1.82) is 0 Å². The molecule has 0 bridgehead atoms. The summed E-state index contributed by atoms with van der Waals surface area (Å²) in [7, 11) is 0. The molecule has 0 fully saturated rings. The Kier molecular flexibility index (Phi) is 6.50. The van der Waals surface area contributed by atoms with E-state index in [9.17, 15) is 0 Å². The summed E-state index contributed by atoms with van der Waals surface area (Å²) in [6.07, 6.45) is 6.15. The van der Waals surface area contributed by atoms with Gasteiger partial charge < -0.3 is 0 Å². The minimum atomic E-state index is 1.14. The van der Waals surface area contributed by atoms with E-state index in [-0.39, 0.29) is 0 Å². The molecule has 0 amide bonds. The van der Waals surface area contributed by atoms with Crippen molar-refractivity contribution in [2.24, 2.45) is 0 Å². The van der Waals surface area contributed by atoms with Crippen molar-refractivity contribution in [2.45, 2.75) is 33.1 Å². The molecule has 0 saturated heterocycles. The van der Waals surface area contributed by atoms with Crippen molar-refractivity contribution in [3.8, 4) is 0 Å². The molecular weight excluding hydrogens is 176 g/mol. The fourth-order valence-electron chi connectivity index (χ4n) is 0.630. The molecule has 0 aromatic rings. The Morgan fingerprint density at radius 3 is 2.44 bits per heavy atom. The van der Waals surface area contributed by atoms with E-state index < -0.39 is 0 Å². The summed E-state index contributed by atoms with van der Waals surface area (Å²) >= 11 is 3.40. The van der Waals surface area contributed by atoms with Crippen molar-refractivity contribution >= 4 is 15.9 Å². The van der Waals surface area contributed by atoms with E-state index in [1.54, 1.807) is 0 Å². The molecule has 0 aliphatic heterocycles. The number of rotatable bonds is 4. The average molecular weight is 191 g/mol. The first-order valence-electron chi connectivity index (χ1n) is 3.46. The van der Waals surface area contributed by atoms with Gasteiger partial charge in [-0.25, -0.2) is 0 Å². The largest absolute Gasteiger partial charge is 0.0928 e. The minimum Gasteiger partial charge on any atom is -0.0928 e. The van der Waals surface area contributed by atoms with Gasteiger partial charge in [0.2, 0.25) is 0 Å². The van der Waals surface area contributed by atoms with Crippen molar-refractivity contribution < 1.29 is 0 Å². The number of hydrogen-bond donors (Lipinski definition) is 0. The van der Waals surface area contributed by atoms with E-state index in [1.807, 2.05) is 0 Å². The molecule has 0 atom stereocenters. The molecular formula is C8H15Br. The van der Waals surface area contributed by atoms with Gasteiger partial charge in [-0.15, -0.1) is 0 Å². The van der Waals surface area contributed by atoms with Crippen LogP contribution < -0.4 is 0 Å². The summed E-state index contributed by atoms with van der Waals surface area (Å²) in [4.78, 5) is 0. The van der Waals surface area contributed by atoms with E-state index in [4.69, 9.17) is 0 Å². The second-order valence-electron chi connectivity index (χ2n) is 2.47. The Balaban J connectivity index is 3.00. The smallest absolute Gasteiger partial charge is 0.00314 e. The average Bonchev–Trinajstić information content (AvgIpc) is 1.80. The van der Waals surface area contributed by atoms with Crippen LogP contribution in [0.4, 0.5) is 0 Å². The second kappa shape index (κ2) is 6.34. The highest BCUT2D eigenvalue weighted by atomic mass is 79.9. The third-order valence-electron chi connectivity index (χ3n) is 1.14. The molecule has 0 radical (unpaired) electrons. The standard InChI is InChI=1S/C8H15Br/c1-8(2)6-4-3-5-7-9/h6H,3-5,7H2,1-2H3. The lowest BCUT2D eigenvalue weighted by Crippen LogP contribution is -1.74. The Labute approximate surface area is 66.5 Å². The summed E-state index contributed by atoms with van der Waals surface area (Å²) in [5.41, 5.74) is 1.43. The summed E-state index contributed by atoms with van der Waals surface area (Å²) in [6.45, 7) is 4.29. The molecule has 0 saturated carbocycles. The van der Waals surface area contributed by atoms with Crippen molar-refractivity contribution in [2.75, 3.05) is 5.33 Å². The molecule has 0 rings (SSSR count). The topological polar surface area (TPSA) is 0 Å². The third kappa shape index (κ3) is 8.22. The van der Waals surface area contributed by atoms with E-state index in [2.05, 4.69) is 35.9 Å². The van der Waals surface area contributed by atoms with E-state index in [0.717, 1.165) is 5.33 Å². The third-order valence-corrected chi connectivity index (χ3v) is 1.70. The highest BCUT2D eigenvalue weighted by Gasteiger charge is 1.82. The van der Waals surface area contributed by atoms with Crippen LogP contribution in [0, 0.1) is 0 Å². The minimum absolute atomic E-state index is 1.14. The Morgan fingerprint density at radius 1 is 1.33 bits per heavy atom. The van der Waals surface area contributed by atoms with Gasteiger partial charge >= 0.3 is 0 Å². The Bertz CT molecular complexity index is 80.6. The highest BCUT2D eigenvalue weighted by molar-refractivity contribution is 9.09. The summed E-state index contributed by atoms with van der Waals surface area (Å²) in [6, 6.07) is 0. The van der Waals surface area contributed by atoms with Gasteiger partial charge in [0.05, 0.1) is 0 Å². The first-order chi connectivity index (χ1) is 4.27. The SMILES string of the molecule is CC(C)=CCCCCBr. The number of hydrogen-bond acceptors (Lipinski definition) is 0. The molecule has 0 aromatic heterocycles. The highest BCUT2D eigenvalue weighted by Crippen LogP contribution is 2.01. The van der Waals surface area contributed by atoms with Crippen molar-refractivity contribution in [3.63, 3.8) is 0 Å². The molecule has 0 heterocycles. The Morgan fingerprint density at radius 2 is 2.00 bits per heavy atom. The maximum atomic E-state index is 3.40. The molecule has 1 heteroatoms. The summed E-state index contributed by atoms with van der Waals surface area (Å²) < 4.78 is 0. The predicted octanol–water partition coefficient (Wildman–Crippen LogP) is 3.52. The van der Waals surface area contributed by atoms with Crippen LogP contribution in [0.2, 0.25) is 0 Å². The monoisotopic (exact) mass is 190 g/mol. The van der Waals surface area contributed by atoms with Crippen LogP contribution in [0.3, 0.4) is 0 Å². The van der Waals surface area contributed by atoms with Crippen LogP contribution in [0.1, 0.15) is 33.1 Å². The Hall–Kier alpha value is 0.220. The van der Waals surface area contributed by atoms with Crippen LogP contribution in [-0.4, -0.2) is 5.33 Å². The lowest BCUT2D eigenvalue weighted by Gasteiger charge is -1.91.